The third kappa shape index (κ3) is 2.67. The Morgan fingerprint density at radius 2 is 2.00 bits per heavy atom. The molecule has 0 aliphatic heterocycles. The Morgan fingerprint density at radius 3 is 2.50 bits per heavy atom. The van der Waals surface area contributed by atoms with Gasteiger partial charge in [0, 0.05) is 12.2 Å². The molecular formula is C10H12F2O2. The van der Waals surface area contributed by atoms with Crippen LogP contribution in [0.5, 0.6) is 5.75 Å². The van der Waals surface area contributed by atoms with Gasteiger partial charge >= 0.3 is 0 Å². The van der Waals surface area contributed by atoms with Crippen LogP contribution in [0.4, 0.5) is 8.78 Å². The Kier molecular flexibility index (Phi) is 3.83. The van der Waals surface area contributed by atoms with Crippen LogP contribution in [0.2, 0.25) is 0 Å². The number of benzene rings is 1. The predicted molar refractivity (Wildman–Crippen MR) is 48.5 cm³/mol. The van der Waals surface area contributed by atoms with Gasteiger partial charge in [-0.2, -0.15) is 0 Å². The summed E-state index contributed by atoms with van der Waals surface area (Å²) < 4.78 is 24.4. The lowest BCUT2D eigenvalue weighted by Gasteiger charge is -2.05. The van der Waals surface area contributed by atoms with Crippen molar-refractivity contribution in [1.29, 1.82) is 0 Å². The quantitative estimate of drug-likeness (QED) is 0.786. The maximum Gasteiger partial charge on any atom is 0.263 e. The molecule has 2 nitrogen and oxygen atoms in total. The molecule has 0 spiro atoms. The van der Waals surface area contributed by atoms with Gasteiger partial charge in [0.2, 0.25) is 0 Å². The van der Waals surface area contributed by atoms with Crippen LogP contribution in [0.3, 0.4) is 0 Å². The zero-order valence-corrected chi connectivity index (χ0v) is 7.58. The lowest BCUT2D eigenvalue weighted by molar-refractivity contribution is 0.151. The Morgan fingerprint density at radius 1 is 1.29 bits per heavy atom. The summed E-state index contributed by atoms with van der Waals surface area (Å²) >= 11 is 0. The number of aliphatic hydroxyl groups is 1. The van der Waals surface area contributed by atoms with E-state index in [1.165, 1.54) is 12.1 Å². The predicted octanol–water partition coefficient (Wildman–Crippen LogP) is 2.25. The molecule has 0 aliphatic carbocycles. The first kappa shape index (κ1) is 10.9. The van der Waals surface area contributed by atoms with E-state index in [0.717, 1.165) is 6.07 Å². The van der Waals surface area contributed by atoms with Crippen LogP contribution in [-0.2, 0) is 6.42 Å². The summed E-state index contributed by atoms with van der Waals surface area (Å²) in [4.78, 5) is 0. The van der Waals surface area contributed by atoms with Crippen molar-refractivity contribution < 1.29 is 19.0 Å². The lowest BCUT2D eigenvalue weighted by Crippen LogP contribution is -1.92. The average molecular weight is 202 g/mol. The molecule has 0 atom stereocenters. The number of hydrogen-bond donors (Lipinski definition) is 2. The largest absolute Gasteiger partial charge is 0.508 e. The first-order valence-corrected chi connectivity index (χ1v) is 4.36. The minimum Gasteiger partial charge on any atom is -0.508 e. The summed E-state index contributed by atoms with van der Waals surface area (Å²) in [5.41, 5.74) is 0.402. The Labute approximate surface area is 80.8 Å². The second-order valence-corrected chi connectivity index (χ2v) is 3.02. The molecule has 0 fully saturated rings. The number of aromatic hydroxyl groups is 1. The number of halogens is 2. The standard InChI is InChI=1S/C10H12F2O2/c11-10(12)8-4-3-7(2-1-5-13)9(14)6-8/h3-4,6,10,13-14H,1-2,5H2. The van der Waals surface area contributed by atoms with Crippen molar-refractivity contribution >= 4 is 0 Å². The van der Waals surface area contributed by atoms with Gasteiger partial charge < -0.3 is 10.2 Å². The van der Waals surface area contributed by atoms with Crippen LogP contribution in [0, 0.1) is 0 Å². The topological polar surface area (TPSA) is 40.5 Å². The van der Waals surface area contributed by atoms with E-state index in [-0.39, 0.29) is 17.9 Å². The minimum atomic E-state index is -2.56. The van der Waals surface area contributed by atoms with Crippen molar-refractivity contribution in [2.45, 2.75) is 19.3 Å². The van der Waals surface area contributed by atoms with Gasteiger partial charge in [-0.25, -0.2) is 8.78 Å². The fourth-order valence-electron chi connectivity index (χ4n) is 1.20. The minimum absolute atomic E-state index is 0.0238. The lowest BCUT2D eigenvalue weighted by atomic mass is 10.1. The van der Waals surface area contributed by atoms with Crippen molar-refractivity contribution in [3.8, 4) is 5.75 Å². The van der Waals surface area contributed by atoms with Gasteiger partial charge in [0.1, 0.15) is 5.75 Å². The number of alkyl halides is 2. The molecule has 0 bridgehead atoms. The van der Waals surface area contributed by atoms with Crippen LogP contribution in [0.25, 0.3) is 0 Å². The van der Waals surface area contributed by atoms with Crippen molar-refractivity contribution in [1.82, 2.24) is 0 Å². The summed E-state index contributed by atoms with van der Waals surface area (Å²) in [6.07, 6.45) is -1.55. The van der Waals surface area contributed by atoms with Gasteiger partial charge in [-0.15, -0.1) is 0 Å². The van der Waals surface area contributed by atoms with E-state index in [1.807, 2.05) is 0 Å². The maximum absolute atomic E-state index is 12.2. The molecule has 0 amide bonds. The normalized spacial score (nSPS) is 10.9. The highest BCUT2D eigenvalue weighted by Gasteiger charge is 2.09. The number of hydrogen-bond acceptors (Lipinski definition) is 2. The van der Waals surface area contributed by atoms with E-state index in [9.17, 15) is 13.9 Å². The van der Waals surface area contributed by atoms with E-state index >= 15 is 0 Å². The molecule has 0 aliphatic rings. The van der Waals surface area contributed by atoms with Gasteiger partial charge in [-0.3, -0.25) is 0 Å². The molecule has 0 radical (unpaired) electrons. The summed E-state index contributed by atoms with van der Waals surface area (Å²) in [5.74, 6) is -0.128. The second-order valence-electron chi connectivity index (χ2n) is 3.02. The molecule has 4 heteroatoms. The van der Waals surface area contributed by atoms with Crippen LogP contribution < -0.4 is 0 Å². The van der Waals surface area contributed by atoms with Gasteiger partial charge in [-0.05, 0) is 24.5 Å². The number of aryl methyl sites for hydroxylation is 1. The van der Waals surface area contributed by atoms with Crippen molar-refractivity contribution in [2.75, 3.05) is 6.61 Å². The molecular weight excluding hydrogens is 190 g/mol. The molecule has 0 aromatic heterocycles. The number of rotatable bonds is 4. The fraction of sp³-hybridized carbons (Fsp3) is 0.400. The highest BCUT2D eigenvalue weighted by molar-refractivity contribution is 5.36. The van der Waals surface area contributed by atoms with E-state index < -0.39 is 6.43 Å². The molecule has 0 heterocycles. The highest BCUT2D eigenvalue weighted by Crippen LogP contribution is 2.26. The first-order chi connectivity index (χ1) is 6.65. The van der Waals surface area contributed by atoms with Crippen molar-refractivity contribution in [3.05, 3.63) is 29.3 Å². The monoisotopic (exact) mass is 202 g/mol. The van der Waals surface area contributed by atoms with E-state index in [4.69, 9.17) is 5.11 Å². The summed E-state index contributed by atoms with van der Waals surface area (Å²) in [6.45, 7) is 0.0238. The van der Waals surface area contributed by atoms with Gasteiger partial charge in [0.25, 0.3) is 6.43 Å². The molecule has 0 saturated heterocycles. The molecule has 78 valence electrons. The molecule has 0 saturated carbocycles. The smallest absolute Gasteiger partial charge is 0.263 e. The molecule has 1 aromatic rings. The van der Waals surface area contributed by atoms with Gasteiger partial charge in [0.15, 0.2) is 0 Å². The van der Waals surface area contributed by atoms with E-state index in [0.29, 0.717) is 18.4 Å². The summed E-state index contributed by atoms with van der Waals surface area (Å²) in [7, 11) is 0. The van der Waals surface area contributed by atoms with Gasteiger partial charge in [-0.1, -0.05) is 12.1 Å². The zero-order valence-electron chi connectivity index (χ0n) is 7.58. The van der Waals surface area contributed by atoms with Crippen molar-refractivity contribution in [2.24, 2.45) is 0 Å². The fourth-order valence-corrected chi connectivity index (χ4v) is 1.20. The van der Waals surface area contributed by atoms with Crippen LogP contribution in [-0.4, -0.2) is 16.8 Å². The SMILES string of the molecule is OCCCc1ccc(C(F)F)cc1O. The van der Waals surface area contributed by atoms with E-state index in [1.54, 1.807) is 0 Å². The third-order valence-corrected chi connectivity index (χ3v) is 1.97. The average Bonchev–Trinajstić information content (AvgIpc) is 2.15. The number of phenols is 1. The van der Waals surface area contributed by atoms with Gasteiger partial charge in [0.05, 0.1) is 0 Å². The maximum atomic E-state index is 12.2. The molecule has 0 unspecified atom stereocenters. The van der Waals surface area contributed by atoms with Crippen LogP contribution in [0.15, 0.2) is 18.2 Å². The summed E-state index contributed by atoms with van der Waals surface area (Å²) in [6, 6.07) is 3.82. The first-order valence-electron chi connectivity index (χ1n) is 4.36. The third-order valence-electron chi connectivity index (χ3n) is 1.97. The number of aliphatic hydroxyl groups excluding tert-OH is 1. The summed E-state index contributed by atoms with van der Waals surface area (Å²) in [5, 5.41) is 17.9. The molecule has 1 rings (SSSR count). The zero-order chi connectivity index (χ0) is 10.6. The highest BCUT2D eigenvalue weighted by atomic mass is 19.3. The molecule has 14 heavy (non-hydrogen) atoms. The Balaban J connectivity index is 2.79. The number of phenolic OH excluding ortho intramolecular Hbond substituents is 1. The second kappa shape index (κ2) is 4.91. The Bertz CT molecular complexity index is 300. The van der Waals surface area contributed by atoms with Crippen LogP contribution in [0.1, 0.15) is 24.0 Å². The van der Waals surface area contributed by atoms with Crippen LogP contribution >= 0.6 is 0 Å². The molecule has 2 N–H and O–H groups in total. The Hall–Kier alpha value is -1.16. The van der Waals surface area contributed by atoms with Crippen molar-refractivity contribution in [3.63, 3.8) is 0 Å². The van der Waals surface area contributed by atoms with E-state index in [2.05, 4.69) is 0 Å². The molecule has 1 aromatic carbocycles.